The van der Waals surface area contributed by atoms with Crippen LogP contribution in [0, 0.1) is 0 Å². The van der Waals surface area contributed by atoms with Crippen molar-refractivity contribution in [1.29, 1.82) is 0 Å². The fourth-order valence-electron chi connectivity index (χ4n) is 1.63. The number of nitrogens with one attached hydrogen (secondary N) is 1. The number of aliphatic hydroxyl groups is 1. The highest BCUT2D eigenvalue weighted by Crippen LogP contribution is 2.20. The van der Waals surface area contributed by atoms with Gasteiger partial charge in [0.25, 0.3) is 5.91 Å². The Morgan fingerprint density at radius 2 is 2.10 bits per heavy atom. The lowest BCUT2D eigenvalue weighted by molar-refractivity contribution is -0.0502. The van der Waals surface area contributed by atoms with Crippen LogP contribution in [0.1, 0.15) is 23.7 Å². The minimum absolute atomic E-state index is 0.0136. The third-order valence-electron chi connectivity index (χ3n) is 2.82. The van der Waals surface area contributed by atoms with Gasteiger partial charge in [-0.2, -0.15) is 8.78 Å². The molecular formula is C14H19F2NO4. The molecule has 118 valence electrons. The number of hydrogen-bond donors (Lipinski definition) is 2. The molecule has 0 aliphatic carbocycles. The minimum atomic E-state index is -3.01. The number of carbonyl (C=O) groups excluding carboxylic acids is 1. The van der Waals surface area contributed by atoms with Gasteiger partial charge in [-0.05, 0) is 19.1 Å². The predicted octanol–water partition coefficient (Wildman–Crippen LogP) is 1.81. The molecule has 1 aromatic carbocycles. The van der Waals surface area contributed by atoms with Crippen molar-refractivity contribution in [2.45, 2.75) is 25.6 Å². The summed E-state index contributed by atoms with van der Waals surface area (Å²) in [7, 11) is 1.51. The van der Waals surface area contributed by atoms with Gasteiger partial charge in [-0.15, -0.1) is 0 Å². The first-order valence-corrected chi connectivity index (χ1v) is 6.39. The summed E-state index contributed by atoms with van der Waals surface area (Å²) < 4.78 is 33.7. The number of alkyl halides is 2. The van der Waals surface area contributed by atoms with Gasteiger partial charge in [0.15, 0.2) is 0 Å². The Morgan fingerprint density at radius 1 is 1.43 bits per heavy atom. The monoisotopic (exact) mass is 303 g/mol. The molecular weight excluding hydrogens is 284 g/mol. The molecule has 2 N–H and O–H groups in total. The highest BCUT2D eigenvalue weighted by atomic mass is 19.3. The van der Waals surface area contributed by atoms with Crippen molar-refractivity contribution in [2.75, 3.05) is 20.3 Å². The lowest BCUT2D eigenvalue weighted by atomic mass is 10.0. The van der Waals surface area contributed by atoms with Crippen LogP contribution in [-0.2, 0) is 4.74 Å². The first-order chi connectivity index (χ1) is 9.85. The molecule has 21 heavy (non-hydrogen) atoms. The number of rotatable bonds is 8. The van der Waals surface area contributed by atoms with Crippen molar-refractivity contribution in [2.24, 2.45) is 0 Å². The Labute approximate surface area is 121 Å². The number of benzene rings is 1. The van der Waals surface area contributed by atoms with Gasteiger partial charge in [0, 0.05) is 26.7 Å². The number of ether oxygens (including phenoxy) is 2. The second kappa shape index (κ2) is 7.90. The van der Waals surface area contributed by atoms with Crippen molar-refractivity contribution in [1.82, 2.24) is 5.32 Å². The minimum Gasteiger partial charge on any atom is -0.434 e. The lowest BCUT2D eigenvalue weighted by Gasteiger charge is -2.23. The SMILES string of the molecule is COCCC(C)(O)CNC(=O)c1ccccc1OC(F)F. The van der Waals surface area contributed by atoms with Crippen molar-refractivity contribution in [3.63, 3.8) is 0 Å². The molecule has 0 bridgehead atoms. The van der Waals surface area contributed by atoms with Crippen molar-refractivity contribution in [3.8, 4) is 5.75 Å². The quantitative estimate of drug-likeness (QED) is 0.768. The van der Waals surface area contributed by atoms with Crippen LogP contribution in [0.25, 0.3) is 0 Å². The van der Waals surface area contributed by atoms with E-state index in [2.05, 4.69) is 10.1 Å². The lowest BCUT2D eigenvalue weighted by Crippen LogP contribution is -2.41. The molecule has 1 atom stereocenters. The number of halogens is 2. The molecule has 0 heterocycles. The Hall–Kier alpha value is -1.73. The highest BCUT2D eigenvalue weighted by molar-refractivity contribution is 5.96. The molecule has 1 aromatic rings. The molecule has 0 radical (unpaired) electrons. The van der Waals surface area contributed by atoms with E-state index in [0.29, 0.717) is 13.0 Å². The molecule has 1 rings (SSSR count). The van der Waals surface area contributed by atoms with Crippen molar-refractivity contribution in [3.05, 3.63) is 29.8 Å². The van der Waals surface area contributed by atoms with E-state index in [1.54, 1.807) is 6.92 Å². The third-order valence-corrected chi connectivity index (χ3v) is 2.82. The van der Waals surface area contributed by atoms with E-state index in [1.807, 2.05) is 0 Å². The summed E-state index contributed by atoms with van der Waals surface area (Å²) in [6, 6.07) is 5.68. The molecule has 0 aromatic heterocycles. The standard InChI is InChI=1S/C14H19F2NO4/c1-14(19,7-8-20-2)9-17-12(18)10-5-3-4-6-11(10)21-13(15)16/h3-6,13,19H,7-9H2,1-2H3,(H,17,18). The van der Waals surface area contributed by atoms with E-state index in [4.69, 9.17) is 4.74 Å². The molecule has 0 saturated carbocycles. The summed E-state index contributed by atoms with van der Waals surface area (Å²) in [6.07, 6.45) is 0.332. The van der Waals surface area contributed by atoms with E-state index in [9.17, 15) is 18.7 Å². The van der Waals surface area contributed by atoms with Gasteiger partial charge in [-0.25, -0.2) is 0 Å². The predicted molar refractivity (Wildman–Crippen MR) is 72.5 cm³/mol. The van der Waals surface area contributed by atoms with Crippen LogP contribution in [0.5, 0.6) is 5.75 Å². The molecule has 0 fully saturated rings. The van der Waals surface area contributed by atoms with Gasteiger partial charge in [0.1, 0.15) is 5.75 Å². The maximum absolute atomic E-state index is 12.3. The third kappa shape index (κ3) is 6.05. The fraction of sp³-hybridized carbons (Fsp3) is 0.500. The first-order valence-electron chi connectivity index (χ1n) is 6.39. The van der Waals surface area contributed by atoms with Crippen LogP contribution in [0.15, 0.2) is 24.3 Å². The average Bonchev–Trinajstić information content (AvgIpc) is 2.43. The number of methoxy groups -OCH3 is 1. The molecule has 0 spiro atoms. The zero-order valence-electron chi connectivity index (χ0n) is 11.9. The van der Waals surface area contributed by atoms with E-state index in [0.717, 1.165) is 0 Å². The smallest absolute Gasteiger partial charge is 0.387 e. The van der Waals surface area contributed by atoms with Gasteiger partial charge < -0.3 is 19.9 Å². The number of carbonyl (C=O) groups is 1. The summed E-state index contributed by atoms with van der Waals surface area (Å²) in [4.78, 5) is 12.0. The molecule has 1 unspecified atom stereocenters. The van der Waals surface area contributed by atoms with E-state index in [-0.39, 0.29) is 17.9 Å². The number of amides is 1. The highest BCUT2D eigenvalue weighted by Gasteiger charge is 2.22. The summed E-state index contributed by atoms with van der Waals surface area (Å²) >= 11 is 0. The molecule has 5 nitrogen and oxygen atoms in total. The Bertz CT molecular complexity index is 466. The van der Waals surface area contributed by atoms with E-state index >= 15 is 0 Å². The fourth-order valence-corrected chi connectivity index (χ4v) is 1.63. The van der Waals surface area contributed by atoms with Crippen LogP contribution in [-0.4, -0.2) is 43.5 Å². The second-order valence-corrected chi connectivity index (χ2v) is 4.80. The van der Waals surface area contributed by atoms with Crippen molar-refractivity contribution < 1.29 is 28.2 Å². The molecule has 1 amide bonds. The first kappa shape index (κ1) is 17.3. The number of para-hydroxylation sites is 1. The maximum Gasteiger partial charge on any atom is 0.387 e. The Morgan fingerprint density at radius 3 is 2.71 bits per heavy atom. The van der Waals surface area contributed by atoms with E-state index in [1.165, 1.54) is 31.4 Å². The Kier molecular flexibility index (Phi) is 6.51. The maximum atomic E-state index is 12.3. The van der Waals surface area contributed by atoms with E-state index < -0.39 is 18.1 Å². The molecule has 0 aliphatic heterocycles. The normalized spacial score (nSPS) is 13.8. The Balaban J connectivity index is 2.67. The van der Waals surface area contributed by atoms with Crippen LogP contribution in [0.3, 0.4) is 0 Å². The summed E-state index contributed by atoms with van der Waals surface area (Å²) in [5.41, 5.74) is -1.16. The largest absolute Gasteiger partial charge is 0.434 e. The zero-order valence-corrected chi connectivity index (χ0v) is 11.9. The topological polar surface area (TPSA) is 67.8 Å². The molecule has 0 aliphatic rings. The average molecular weight is 303 g/mol. The summed E-state index contributed by atoms with van der Waals surface area (Å²) in [5, 5.41) is 12.5. The van der Waals surface area contributed by atoms with Crippen LogP contribution < -0.4 is 10.1 Å². The van der Waals surface area contributed by atoms with Crippen LogP contribution in [0.2, 0.25) is 0 Å². The van der Waals surface area contributed by atoms with Crippen molar-refractivity contribution >= 4 is 5.91 Å². The molecule has 7 heteroatoms. The molecule has 0 saturated heterocycles. The zero-order chi connectivity index (χ0) is 15.9. The summed E-state index contributed by atoms with van der Waals surface area (Å²) in [6.45, 7) is -1.15. The van der Waals surface area contributed by atoms with Gasteiger partial charge >= 0.3 is 6.61 Å². The van der Waals surface area contributed by atoms with Gasteiger partial charge in [0.05, 0.1) is 11.2 Å². The number of hydrogen-bond acceptors (Lipinski definition) is 4. The summed E-state index contributed by atoms with van der Waals surface area (Å²) in [5.74, 6) is -0.800. The van der Waals surface area contributed by atoms with Crippen LogP contribution in [0.4, 0.5) is 8.78 Å². The van der Waals surface area contributed by atoms with Gasteiger partial charge in [0.2, 0.25) is 0 Å². The van der Waals surface area contributed by atoms with Gasteiger partial charge in [-0.1, -0.05) is 12.1 Å². The van der Waals surface area contributed by atoms with Crippen LogP contribution >= 0.6 is 0 Å². The van der Waals surface area contributed by atoms with Gasteiger partial charge in [-0.3, -0.25) is 4.79 Å². The second-order valence-electron chi connectivity index (χ2n) is 4.80.